The van der Waals surface area contributed by atoms with Gasteiger partial charge in [-0.1, -0.05) is 12.1 Å². The molecule has 4 aromatic rings. The van der Waals surface area contributed by atoms with E-state index in [9.17, 15) is 13.6 Å². The summed E-state index contributed by atoms with van der Waals surface area (Å²) in [6, 6.07) is 12.5. The van der Waals surface area contributed by atoms with E-state index in [2.05, 4.69) is 20.3 Å². The van der Waals surface area contributed by atoms with Crippen LogP contribution in [0.2, 0.25) is 0 Å². The molecule has 30 heavy (non-hydrogen) atoms. The minimum atomic E-state index is -2.52. The Labute approximate surface area is 170 Å². The molecule has 0 aliphatic carbocycles. The van der Waals surface area contributed by atoms with Crippen LogP contribution >= 0.6 is 0 Å². The van der Waals surface area contributed by atoms with Crippen molar-refractivity contribution in [3.8, 4) is 22.8 Å². The summed E-state index contributed by atoms with van der Waals surface area (Å²) in [6.45, 7) is 2.05. The van der Waals surface area contributed by atoms with Crippen LogP contribution in [0.15, 0.2) is 65.7 Å². The molecule has 3 aromatic heterocycles. The van der Waals surface area contributed by atoms with Crippen molar-refractivity contribution >= 4 is 0 Å². The summed E-state index contributed by atoms with van der Waals surface area (Å²) in [4.78, 5) is 14.0. The van der Waals surface area contributed by atoms with Crippen molar-refractivity contribution in [2.45, 2.75) is 20.0 Å². The van der Waals surface area contributed by atoms with Gasteiger partial charge >= 0.3 is 0 Å². The molecule has 1 N–H and O–H groups in total. The maximum atomic E-state index is 12.8. The molecular weight excluding hydrogens is 392 g/mol. The van der Waals surface area contributed by atoms with Gasteiger partial charge in [0.2, 0.25) is 11.4 Å². The number of pyridine rings is 1. The van der Waals surface area contributed by atoms with Crippen molar-refractivity contribution in [3.63, 3.8) is 0 Å². The van der Waals surface area contributed by atoms with Crippen molar-refractivity contribution < 1.29 is 13.5 Å². The van der Waals surface area contributed by atoms with Gasteiger partial charge in [-0.3, -0.25) is 4.79 Å². The van der Waals surface area contributed by atoms with Crippen LogP contribution in [0.3, 0.4) is 0 Å². The second-order valence-electron chi connectivity index (χ2n) is 6.57. The average Bonchev–Trinajstić information content (AvgIpc) is 3.13. The summed E-state index contributed by atoms with van der Waals surface area (Å²) in [7, 11) is 0. The molecule has 9 heteroatoms. The van der Waals surface area contributed by atoms with Crippen LogP contribution in [0.1, 0.15) is 23.2 Å². The van der Waals surface area contributed by atoms with Crippen LogP contribution in [0, 0.1) is 6.92 Å². The number of hydrogen-bond donors (Lipinski definition) is 1. The number of halogens is 2. The molecule has 0 fully saturated rings. The number of aromatic nitrogens is 5. The summed E-state index contributed by atoms with van der Waals surface area (Å²) in [5.41, 5.74) is 3.24. The van der Waals surface area contributed by atoms with Crippen molar-refractivity contribution in [2.24, 2.45) is 0 Å². The summed E-state index contributed by atoms with van der Waals surface area (Å²) < 4.78 is 32.9. The molecule has 0 aliphatic heterocycles. The number of H-pyrrole nitrogens is 1. The van der Waals surface area contributed by atoms with Crippen LogP contribution in [0.4, 0.5) is 8.78 Å². The molecule has 0 amide bonds. The molecule has 0 aliphatic rings. The van der Waals surface area contributed by atoms with E-state index < -0.39 is 6.43 Å². The molecule has 4 rings (SSSR count). The number of hydrogen-bond acceptors (Lipinski definition) is 5. The Hall–Kier alpha value is -3.88. The number of nitrogens with zero attached hydrogens (tertiary/aromatic N) is 4. The Morgan fingerprint density at radius 1 is 1.10 bits per heavy atom. The van der Waals surface area contributed by atoms with Gasteiger partial charge in [-0.25, -0.2) is 13.5 Å². The van der Waals surface area contributed by atoms with Crippen molar-refractivity contribution in [3.05, 3.63) is 88.1 Å². The molecule has 0 atom stereocenters. The van der Waals surface area contributed by atoms with E-state index in [4.69, 9.17) is 4.74 Å². The lowest BCUT2D eigenvalue weighted by Crippen LogP contribution is -2.08. The van der Waals surface area contributed by atoms with Crippen LogP contribution < -0.4 is 10.3 Å². The lowest BCUT2D eigenvalue weighted by Gasteiger charge is -2.10. The molecule has 0 saturated heterocycles. The van der Waals surface area contributed by atoms with E-state index in [0.29, 0.717) is 22.8 Å². The summed E-state index contributed by atoms with van der Waals surface area (Å²) in [5, 5.41) is 12.5. The third kappa shape index (κ3) is 4.09. The number of nitrogens with one attached hydrogen (secondary N) is 1. The Balaban J connectivity index is 1.50. The zero-order chi connectivity index (χ0) is 21.1. The van der Waals surface area contributed by atoms with Crippen LogP contribution in [-0.4, -0.2) is 25.0 Å². The van der Waals surface area contributed by atoms with E-state index in [-0.39, 0.29) is 17.7 Å². The molecule has 152 valence electrons. The monoisotopic (exact) mass is 409 g/mol. The summed E-state index contributed by atoms with van der Waals surface area (Å²) in [5.74, 6) is 0.309. The minimum absolute atomic E-state index is 0.0452. The third-order valence-electron chi connectivity index (χ3n) is 4.54. The van der Waals surface area contributed by atoms with Gasteiger partial charge in [-0.2, -0.15) is 5.10 Å². The van der Waals surface area contributed by atoms with Crippen molar-refractivity contribution in [1.82, 2.24) is 25.0 Å². The van der Waals surface area contributed by atoms with Crippen LogP contribution in [0.25, 0.3) is 16.9 Å². The predicted octanol–water partition coefficient (Wildman–Crippen LogP) is 3.84. The van der Waals surface area contributed by atoms with E-state index in [0.717, 1.165) is 11.3 Å². The quantitative estimate of drug-likeness (QED) is 0.523. The highest BCUT2D eigenvalue weighted by Crippen LogP contribution is 2.22. The second-order valence-corrected chi connectivity index (χ2v) is 6.57. The van der Waals surface area contributed by atoms with E-state index >= 15 is 0 Å². The number of benzene rings is 1. The van der Waals surface area contributed by atoms with Gasteiger partial charge in [-0.05, 0) is 36.8 Å². The lowest BCUT2D eigenvalue weighted by molar-refractivity contribution is 0.151. The van der Waals surface area contributed by atoms with E-state index in [1.807, 2.05) is 6.92 Å². The Morgan fingerprint density at radius 2 is 1.90 bits per heavy atom. The number of aromatic amines is 1. The fourth-order valence-electron chi connectivity index (χ4n) is 2.91. The van der Waals surface area contributed by atoms with Gasteiger partial charge in [-0.15, -0.1) is 10.2 Å². The number of aryl methyl sites for hydroxylation is 1. The van der Waals surface area contributed by atoms with E-state index in [1.54, 1.807) is 47.4 Å². The molecule has 7 nitrogen and oxygen atoms in total. The van der Waals surface area contributed by atoms with Crippen molar-refractivity contribution in [1.29, 1.82) is 0 Å². The maximum absolute atomic E-state index is 12.8. The smallest absolute Gasteiger partial charge is 0.263 e. The van der Waals surface area contributed by atoms with E-state index in [1.165, 1.54) is 18.2 Å². The topological polar surface area (TPSA) is 85.7 Å². The fourth-order valence-corrected chi connectivity index (χ4v) is 2.91. The van der Waals surface area contributed by atoms with Gasteiger partial charge in [0.1, 0.15) is 6.61 Å². The molecule has 3 heterocycles. The molecule has 0 unspecified atom stereocenters. The molecular formula is C21H17F2N5O2. The summed E-state index contributed by atoms with van der Waals surface area (Å²) >= 11 is 0. The Bertz CT molecular complexity index is 1200. The molecule has 0 saturated carbocycles. The van der Waals surface area contributed by atoms with Gasteiger partial charge in [0.15, 0.2) is 0 Å². The number of alkyl halides is 2. The standard InChI is InChI=1S/C21H17F2N5O2/c1-13-11-25-28(16-4-2-14(3-5-16)21(22)23)18(13)12-30-20-7-6-17(26-27-20)15-8-9-24-19(29)10-15/h2-11,21H,12H2,1H3,(H,24,29). The zero-order valence-corrected chi connectivity index (χ0v) is 15.9. The van der Waals surface area contributed by atoms with Crippen LogP contribution in [-0.2, 0) is 6.61 Å². The second kappa shape index (κ2) is 8.24. The predicted molar refractivity (Wildman–Crippen MR) is 106 cm³/mol. The minimum Gasteiger partial charge on any atom is -0.470 e. The first-order valence-corrected chi connectivity index (χ1v) is 9.09. The highest BCUT2D eigenvalue weighted by molar-refractivity contribution is 5.57. The van der Waals surface area contributed by atoms with Crippen LogP contribution in [0.5, 0.6) is 5.88 Å². The first kappa shape index (κ1) is 19.4. The SMILES string of the molecule is Cc1cnn(-c2ccc(C(F)F)cc2)c1COc1ccc(-c2cc[nH]c(=O)c2)nn1. The van der Waals surface area contributed by atoms with Gasteiger partial charge in [0.05, 0.1) is 23.3 Å². The highest BCUT2D eigenvalue weighted by atomic mass is 19.3. The largest absolute Gasteiger partial charge is 0.470 e. The fraction of sp³-hybridized carbons (Fsp3) is 0.143. The third-order valence-corrected chi connectivity index (χ3v) is 4.54. The first-order valence-electron chi connectivity index (χ1n) is 9.09. The molecule has 1 aromatic carbocycles. The highest BCUT2D eigenvalue weighted by Gasteiger charge is 2.13. The summed E-state index contributed by atoms with van der Waals surface area (Å²) in [6.07, 6.45) is 0.708. The Kier molecular flexibility index (Phi) is 5.34. The van der Waals surface area contributed by atoms with Gasteiger partial charge < -0.3 is 9.72 Å². The van der Waals surface area contributed by atoms with Gasteiger partial charge in [0, 0.05) is 29.5 Å². The molecule has 0 bridgehead atoms. The molecule has 0 radical (unpaired) electrons. The molecule has 0 spiro atoms. The number of ether oxygens (including phenoxy) is 1. The van der Waals surface area contributed by atoms with Gasteiger partial charge in [0.25, 0.3) is 6.43 Å². The normalized spacial score (nSPS) is 11.1. The van der Waals surface area contributed by atoms with Crippen molar-refractivity contribution in [2.75, 3.05) is 0 Å². The number of rotatable bonds is 6. The zero-order valence-electron chi connectivity index (χ0n) is 15.9. The lowest BCUT2D eigenvalue weighted by atomic mass is 10.2. The Morgan fingerprint density at radius 3 is 2.57 bits per heavy atom. The average molecular weight is 409 g/mol. The maximum Gasteiger partial charge on any atom is 0.263 e. The first-order chi connectivity index (χ1) is 14.5.